The number of nitrogens with zero attached hydrogens (tertiary/aromatic N) is 2. The highest BCUT2D eigenvalue weighted by atomic mass is 16.2. The Morgan fingerprint density at radius 1 is 1.00 bits per heavy atom. The lowest BCUT2D eigenvalue weighted by molar-refractivity contribution is -0.140. The van der Waals surface area contributed by atoms with Gasteiger partial charge in [-0.3, -0.25) is 14.4 Å². The second kappa shape index (κ2) is 10.3. The number of anilines is 1. The number of carbonyl (C=O) groups is 3. The number of amides is 3. The number of carbonyl (C=O) groups excluding carboxylic acids is 3. The topological polar surface area (TPSA) is 69.7 Å². The van der Waals surface area contributed by atoms with E-state index in [1.165, 1.54) is 0 Å². The zero-order chi connectivity index (χ0) is 25.1. The molecule has 3 aromatic carbocycles. The lowest BCUT2D eigenvalue weighted by atomic mass is 10.1. The average Bonchev–Trinajstić information content (AvgIpc) is 3.10. The Bertz CT molecular complexity index is 1260. The van der Waals surface area contributed by atoms with E-state index in [4.69, 9.17) is 0 Å². The molecule has 1 aliphatic heterocycles. The Morgan fingerprint density at radius 3 is 2.43 bits per heavy atom. The lowest BCUT2D eigenvalue weighted by Gasteiger charge is -2.30. The van der Waals surface area contributed by atoms with Crippen LogP contribution in [0.3, 0.4) is 0 Å². The third-order valence-corrected chi connectivity index (χ3v) is 6.46. The van der Waals surface area contributed by atoms with Gasteiger partial charge in [-0.05, 0) is 57.2 Å². The molecule has 1 aliphatic rings. The van der Waals surface area contributed by atoms with Crippen LogP contribution in [0, 0.1) is 6.92 Å². The Kier molecular flexibility index (Phi) is 7.20. The largest absolute Gasteiger partial charge is 0.352 e. The van der Waals surface area contributed by atoms with Gasteiger partial charge in [-0.25, -0.2) is 0 Å². The fourth-order valence-electron chi connectivity index (χ4n) is 4.73. The molecule has 0 radical (unpaired) electrons. The zero-order valence-corrected chi connectivity index (χ0v) is 20.9. The summed E-state index contributed by atoms with van der Waals surface area (Å²) in [5, 5.41) is 4.94. The first-order valence-electron chi connectivity index (χ1n) is 12.2. The van der Waals surface area contributed by atoms with E-state index in [1.807, 2.05) is 81.4 Å². The van der Waals surface area contributed by atoms with Gasteiger partial charge in [-0.1, -0.05) is 54.1 Å². The smallest absolute Gasteiger partial charge is 0.258 e. The molecule has 0 fully saturated rings. The molecule has 1 atom stereocenters. The summed E-state index contributed by atoms with van der Waals surface area (Å²) in [5.74, 6) is -0.288. The van der Waals surface area contributed by atoms with Gasteiger partial charge in [0.05, 0.1) is 5.69 Å². The summed E-state index contributed by atoms with van der Waals surface area (Å²) in [5.41, 5.74) is 3.70. The van der Waals surface area contributed by atoms with E-state index in [9.17, 15) is 14.4 Å². The van der Waals surface area contributed by atoms with Crippen LogP contribution >= 0.6 is 0 Å². The fraction of sp³-hybridized carbons (Fsp3) is 0.345. The van der Waals surface area contributed by atoms with Crippen molar-refractivity contribution < 1.29 is 14.4 Å². The van der Waals surface area contributed by atoms with Crippen molar-refractivity contribution in [2.24, 2.45) is 0 Å². The maximum atomic E-state index is 13.4. The van der Waals surface area contributed by atoms with Crippen LogP contribution in [0.4, 0.5) is 5.69 Å². The zero-order valence-electron chi connectivity index (χ0n) is 20.9. The molecule has 0 saturated carbocycles. The Labute approximate surface area is 206 Å². The first kappa shape index (κ1) is 24.5. The van der Waals surface area contributed by atoms with Crippen LogP contribution < -0.4 is 10.2 Å². The van der Waals surface area contributed by atoms with Crippen LogP contribution in [-0.2, 0) is 16.1 Å². The highest BCUT2D eigenvalue weighted by molar-refractivity contribution is 6.25. The summed E-state index contributed by atoms with van der Waals surface area (Å²) in [6.45, 7) is 8.40. The van der Waals surface area contributed by atoms with Crippen LogP contribution in [-0.4, -0.2) is 41.2 Å². The molecule has 35 heavy (non-hydrogen) atoms. The van der Waals surface area contributed by atoms with E-state index in [0.717, 1.165) is 27.6 Å². The van der Waals surface area contributed by atoms with Crippen molar-refractivity contribution in [3.8, 4) is 0 Å². The Balaban J connectivity index is 1.46. The number of benzene rings is 3. The molecular formula is C29H33N3O3. The normalized spacial score (nSPS) is 13.4. The summed E-state index contributed by atoms with van der Waals surface area (Å²) in [6.07, 6.45) is 0.763. The van der Waals surface area contributed by atoms with E-state index >= 15 is 0 Å². The minimum atomic E-state index is -0.600. The van der Waals surface area contributed by atoms with Crippen molar-refractivity contribution in [2.45, 2.75) is 59.2 Å². The molecule has 4 rings (SSSR count). The van der Waals surface area contributed by atoms with E-state index < -0.39 is 6.04 Å². The van der Waals surface area contributed by atoms with Gasteiger partial charge in [0.15, 0.2) is 0 Å². The Hall–Kier alpha value is -3.67. The molecule has 3 aromatic rings. The van der Waals surface area contributed by atoms with Gasteiger partial charge in [-0.15, -0.1) is 0 Å². The SMILES string of the molecule is Cc1cccc(CN(C(=O)CCCN2C(=O)c3cccc4cccc2c34)[C@@H](C)C(=O)NC(C)C)c1. The van der Waals surface area contributed by atoms with Crippen molar-refractivity contribution >= 4 is 34.2 Å². The molecule has 0 aromatic heterocycles. The summed E-state index contributed by atoms with van der Waals surface area (Å²) in [4.78, 5) is 42.6. The number of aryl methyl sites for hydroxylation is 1. The van der Waals surface area contributed by atoms with Gasteiger partial charge >= 0.3 is 0 Å². The third-order valence-electron chi connectivity index (χ3n) is 6.46. The van der Waals surface area contributed by atoms with Crippen LogP contribution in [0.15, 0.2) is 60.7 Å². The number of rotatable bonds is 9. The number of hydrogen-bond acceptors (Lipinski definition) is 3. The van der Waals surface area contributed by atoms with Gasteiger partial charge in [0.25, 0.3) is 5.91 Å². The molecule has 0 bridgehead atoms. The molecule has 1 N–H and O–H groups in total. The standard InChI is InChI=1S/C29H33N3O3/c1-19(2)30-28(34)21(4)32(18-22-10-5-9-20(3)17-22)26(33)15-8-16-31-25-14-7-12-23-11-6-13-24(27(23)25)29(31)35/h5-7,9-14,17,19,21H,8,15-16,18H2,1-4H3,(H,30,34)/t21-/m0/s1. The van der Waals surface area contributed by atoms with Crippen molar-refractivity contribution in [3.05, 3.63) is 77.4 Å². The fourth-order valence-corrected chi connectivity index (χ4v) is 4.73. The van der Waals surface area contributed by atoms with Gasteiger partial charge in [-0.2, -0.15) is 0 Å². The predicted octanol–water partition coefficient (Wildman–Crippen LogP) is 4.83. The van der Waals surface area contributed by atoms with Crippen molar-refractivity contribution in [2.75, 3.05) is 11.4 Å². The van der Waals surface area contributed by atoms with E-state index in [-0.39, 0.29) is 30.2 Å². The predicted molar refractivity (Wildman–Crippen MR) is 139 cm³/mol. The number of hydrogen-bond donors (Lipinski definition) is 1. The average molecular weight is 472 g/mol. The molecule has 0 unspecified atom stereocenters. The van der Waals surface area contributed by atoms with Crippen LogP contribution in [0.1, 0.15) is 55.1 Å². The summed E-state index contributed by atoms with van der Waals surface area (Å²) in [7, 11) is 0. The molecular weight excluding hydrogens is 438 g/mol. The molecule has 182 valence electrons. The molecule has 0 saturated heterocycles. The highest BCUT2D eigenvalue weighted by Crippen LogP contribution is 2.37. The third kappa shape index (κ3) is 5.21. The number of nitrogens with one attached hydrogen (secondary N) is 1. The molecule has 3 amide bonds. The van der Waals surface area contributed by atoms with Gasteiger partial charge in [0.1, 0.15) is 6.04 Å². The van der Waals surface area contributed by atoms with Crippen LogP contribution in [0.5, 0.6) is 0 Å². The van der Waals surface area contributed by atoms with Crippen LogP contribution in [0.2, 0.25) is 0 Å². The highest BCUT2D eigenvalue weighted by Gasteiger charge is 2.30. The second-order valence-corrected chi connectivity index (χ2v) is 9.59. The van der Waals surface area contributed by atoms with Gasteiger partial charge < -0.3 is 15.1 Å². The quantitative estimate of drug-likeness (QED) is 0.486. The molecule has 0 spiro atoms. The lowest BCUT2D eigenvalue weighted by Crippen LogP contribution is -2.49. The summed E-state index contributed by atoms with van der Waals surface area (Å²) >= 11 is 0. The maximum Gasteiger partial charge on any atom is 0.258 e. The van der Waals surface area contributed by atoms with E-state index in [2.05, 4.69) is 5.32 Å². The first-order valence-corrected chi connectivity index (χ1v) is 12.2. The minimum Gasteiger partial charge on any atom is -0.352 e. The summed E-state index contributed by atoms with van der Waals surface area (Å²) in [6, 6.07) is 19.1. The molecule has 1 heterocycles. The monoisotopic (exact) mass is 471 g/mol. The van der Waals surface area contributed by atoms with E-state index in [1.54, 1.807) is 16.7 Å². The van der Waals surface area contributed by atoms with Crippen molar-refractivity contribution in [1.82, 2.24) is 10.2 Å². The molecule has 6 nitrogen and oxygen atoms in total. The molecule has 0 aliphatic carbocycles. The Morgan fingerprint density at radius 2 is 1.71 bits per heavy atom. The first-order chi connectivity index (χ1) is 16.8. The molecule has 6 heteroatoms. The maximum absolute atomic E-state index is 13.4. The van der Waals surface area contributed by atoms with E-state index in [0.29, 0.717) is 25.1 Å². The van der Waals surface area contributed by atoms with Crippen molar-refractivity contribution in [3.63, 3.8) is 0 Å². The van der Waals surface area contributed by atoms with Crippen molar-refractivity contribution in [1.29, 1.82) is 0 Å². The minimum absolute atomic E-state index is 0.00797. The van der Waals surface area contributed by atoms with Gasteiger partial charge in [0, 0.05) is 36.5 Å². The summed E-state index contributed by atoms with van der Waals surface area (Å²) < 4.78 is 0. The van der Waals surface area contributed by atoms with Gasteiger partial charge in [0.2, 0.25) is 11.8 Å². The van der Waals surface area contributed by atoms with Crippen LogP contribution in [0.25, 0.3) is 10.8 Å². The second-order valence-electron chi connectivity index (χ2n) is 9.59.